The van der Waals surface area contributed by atoms with E-state index in [1.165, 1.54) is 32.4 Å². The second-order valence-corrected chi connectivity index (χ2v) is 9.54. The van der Waals surface area contributed by atoms with Gasteiger partial charge in [-0.15, -0.1) is 0 Å². The molecule has 0 aliphatic heterocycles. The van der Waals surface area contributed by atoms with Crippen LogP contribution in [0.4, 0.5) is 0 Å². The van der Waals surface area contributed by atoms with E-state index in [1.54, 1.807) is 18.2 Å². The predicted octanol–water partition coefficient (Wildman–Crippen LogP) is 6.53. The van der Waals surface area contributed by atoms with E-state index in [0.717, 1.165) is 23.1 Å². The molecule has 0 saturated heterocycles. The number of hydrogen-bond acceptors (Lipinski definition) is 6. The summed E-state index contributed by atoms with van der Waals surface area (Å²) < 4.78 is 10.3. The van der Waals surface area contributed by atoms with Crippen molar-refractivity contribution in [3.05, 3.63) is 131 Å². The van der Waals surface area contributed by atoms with Crippen molar-refractivity contribution in [1.82, 2.24) is 10.6 Å². The van der Waals surface area contributed by atoms with Crippen LogP contribution in [0.15, 0.2) is 113 Å². The number of ether oxygens (including phenoxy) is 2. The summed E-state index contributed by atoms with van der Waals surface area (Å²) >= 11 is 0. The molecular weight excluding hydrogens is 568 g/mol. The normalized spacial score (nSPS) is 11.2. The summed E-state index contributed by atoms with van der Waals surface area (Å²) in [4.78, 5) is 30.0. The first-order valence-corrected chi connectivity index (χ1v) is 14.4. The number of phenolic OH excluding ortho intramolecular Hbond substituents is 1. The average molecular weight is 611 g/mol. The van der Waals surface area contributed by atoms with Gasteiger partial charge in [-0.3, -0.25) is 14.9 Å². The number of guanidine groups is 1. The number of carbonyl (C=O) groups excluding carboxylic acids is 2. The Morgan fingerprint density at radius 3 is 2.16 bits per heavy atom. The van der Waals surface area contributed by atoms with Crippen LogP contribution in [-0.4, -0.2) is 37.1 Å². The molecule has 0 heterocycles. The summed E-state index contributed by atoms with van der Waals surface area (Å²) in [5, 5.41) is 15.5. The minimum atomic E-state index is -0.629. The molecular formula is C36H42N4O5. The van der Waals surface area contributed by atoms with Gasteiger partial charge in [0, 0.05) is 16.8 Å². The molecule has 236 valence electrons. The molecule has 2 amide bonds. The number of nitrogens with one attached hydrogen (secondary N) is 2. The molecule has 3 aromatic carbocycles. The van der Waals surface area contributed by atoms with Crippen LogP contribution >= 0.6 is 0 Å². The zero-order chi connectivity index (χ0) is 33.4. The van der Waals surface area contributed by atoms with Crippen molar-refractivity contribution in [2.24, 2.45) is 10.7 Å². The fourth-order valence-corrected chi connectivity index (χ4v) is 3.90. The average Bonchev–Trinajstić information content (AvgIpc) is 3.05. The van der Waals surface area contributed by atoms with Gasteiger partial charge in [-0.1, -0.05) is 80.6 Å². The Morgan fingerprint density at radius 2 is 1.58 bits per heavy atom. The zero-order valence-corrected chi connectivity index (χ0v) is 26.7. The molecule has 0 spiro atoms. The number of benzene rings is 3. The number of rotatable bonds is 11. The summed E-state index contributed by atoms with van der Waals surface area (Å²) in [5.41, 5.74) is 10.4. The number of aromatic hydroxyl groups is 1. The maximum Gasteiger partial charge on any atom is 0.258 e. The Kier molecular flexibility index (Phi) is 14.4. The number of aliphatic imine (C=N–C) groups is 1. The molecule has 3 aromatic rings. The lowest BCUT2D eigenvalue weighted by molar-refractivity contribution is 0.0962. The number of allylic oxidation sites excluding steroid dienone is 4. The van der Waals surface area contributed by atoms with E-state index in [-0.39, 0.29) is 34.7 Å². The monoisotopic (exact) mass is 610 g/mol. The van der Waals surface area contributed by atoms with Crippen molar-refractivity contribution in [3.63, 3.8) is 0 Å². The molecule has 0 aliphatic carbocycles. The quantitative estimate of drug-likeness (QED) is 0.111. The van der Waals surface area contributed by atoms with Crippen molar-refractivity contribution < 1.29 is 24.2 Å². The third kappa shape index (κ3) is 10.9. The van der Waals surface area contributed by atoms with E-state index in [2.05, 4.69) is 34.4 Å². The number of nitrogens with zero attached hydrogens (tertiary/aromatic N) is 1. The van der Waals surface area contributed by atoms with Crippen LogP contribution in [0.5, 0.6) is 17.2 Å². The molecule has 0 atom stereocenters. The largest absolute Gasteiger partial charge is 0.504 e. The Labute approximate surface area is 265 Å². The molecule has 45 heavy (non-hydrogen) atoms. The fraction of sp³-hybridized carbons (Fsp3) is 0.194. The first-order valence-electron chi connectivity index (χ1n) is 14.4. The highest BCUT2D eigenvalue weighted by Gasteiger charge is 2.16. The van der Waals surface area contributed by atoms with Gasteiger partial charge in [0.2, 0.25) is 11.7 Å². The van der Waals surface area contributed by atoms with Crippen molar-refractivity contribution in [2.45, 2.75) is 34.1 Å². The summed E-state index contributed by atoms with van der Waals surface area (Å²) in [7, 11) is 2.76. The van der Waals surface area contributed by atoms with Crippen LogP contribution < -0.4 is 25.8 Å². The standard InChI is InChI=1S/C34H36N4O5.C2H6/c1-6-27(36-34(35)38-33(41)26-19-29(39)31(43-5)30(20-26)42-4)21-28(22(2)3)37-32(40)25-17-15-24(16-18-25)14-10-13-23-11-8-7-9-12-23;1-2/h6-13,15-21,39H,1,14H2,2-5H3,(H,37,40)(H3,35,36,38,41);1-2H3/b13-10+,27-21+;. The third-order valence-corrected chi connectivity index (χ3v) is 6.18. The smallest absolute Gasteiger partial charge is 0.258 e. The molecule has 3 rings (SSSR count). The van der Waals surface area contributed by atoms with E-state index in [0.29, 0.717) is 17.0 Å². The maximum absolute atomic E-state index is 13.0. The Hall–Kier alpha value is -5.57. The van der Waals surface area contributed by atoms with Crippen LogP contribution in [0.3, 0.4) is 0 Å². The SMILES string of the molecule is C=C/C(=C\C(NC(=O)c1ccc(C/C=C/c2ccccc2)cc1)=C(C)C)N=C(N)NC(=O)c1cc(O)c(OC)c(OC)c1.CC. The fourth-order valence-electron chi connectivity index (χ4n) is 3.90. The van der Waals surface area contributed by atoms with Gasteiger partial charge >= 0.3 is 0 Å². The van der Waals surface area contributed by atoms with Gasteiger partial charge in [0.15, 0.2) is 11.5 Å². The lowest BCUT2D eigenvalue weighted by Gasteiger charge is -2.12. The first kappa shape index (κ1) is 35.6. The number of amides is 2. The predicted molar refractivity (Wildman–Crippen MR) is 181 cm³/mol. The van der Waals surface area contributed by atoms with E-state index >= 15 is 0 Å². The van der Waals surface area contributed by atoms with Crippen molar-refractivity contribution in [3.8, 4) is 17.2 Å². The van der Waals surface area contributed by atoms with Crippen LogP contribution in [0.25, 0.3) is 6.08 Å². The van der Waals surface area contributed by atoms with Gasteiger partial charge < -0.3 is 25.6 Å². The number of hydrogen-bond donors (Lipinski definition) is 4. The van der Waals surface area contributed by atoms with Gasteiger partial charge in [0.1, 0.15) is 0 Å². The number of phenols is 1. The number of nitrogens with two attached hydrogens (primary N) is 1. The Morgan fingerprint density at radius 1 is 0.933 bits per heavy atom. The van der Waals surface area contributed by atoms with Gasteiger partial charge in [0.05, 0.1) is 19.9 Å². The summed E-state index contributed by atoms with van der Waals surface area (Å²) in [5.74, 6) is -1.14. The minimum absolute atomic E-state index is 0.0768. The second-order valence-electron chi connectivity index (χ2n) is 9.54. The van der Waals surface area contributed by atoms with E-state index in [1.807, 2.05) is 70.2 Å². The lowest BCUT2D eigenvalue weighted by Crippen LogP contribution is -2.36. The molecule has 0 radical (unpaired) electrons. The number of methoxy groups -OCH3 is 2. The molecule has 0 fully saturated rings. The minimum Gasteiger partial charge on any atom is -0.504 e. The van der Waals surface area contributed by atoms with E-state index in [4.69, 9.17) is 15.2 Å². The highest BCUT2D eigenvalue weighted by atomic mass is 16.5. The first-order chi connectivity index (χ1) is 21.6. The second kappa shape index (κ2) is 18.2. The molecule has 9 heteroatoms. The Bertz CT molecular complexity index is 1580. The highest BCUT2D eigenvalue weighted by molar-refractivity contribution is 6.06. The van der Waals surface area contributed by atoms with E-state index < -0.39 is 5.91 Å². The third-order valence-electron chi connectivity index (χ3n) is 6.18. The van der Waals surface area contributed by atoms with Crippen LogP contribution in [0.1, 0.15) is 59.5 Å². The molecule has 0 aliphatic rings. The van der Waals surface area contributed by atoms with Crippen LogP contribution in [0.2, 0.25) is 0 Å². The zero-order valence-electron chi connectivity index (χ0n) is 26.7. The van der Waals surface area contributed by atoms with Gasteiger partial charge in [-0.05, 0) is 67.8 Å². The summed E-state index contributed by atoms with van der Waals surface area (Å²) in [6.07, 6.45) is 7.93. The molecule has 5 N–H and O–H groups in total. The topological polar surface area (TPSA) is 135 Å². The maximum atomic E-state index is 13.0. The lowest BCUT2D eigenvalue weighted by atomic mass is 10.1. The van der Waals surface area contributed by atoms with Crippen LogP contribution in [-0.2, 0) is 6.42 Å². The van der Waals surface area contributed by atoms with Gasteiger partial charge in [0.25, 0.3) is 11.8 Å². The molecule has 9 nitrogen and oxygen atoms in total. The molecule has 0 bridgehead atoms. The highest BCUT2D eigenvalue weighted by Crippen LogP contribution is 2.37. The van der Waals surface area contributed by atoms with Crippen LogP contribution in [0, 0.1) is 0 Å². The van der Waals surface area contributed by atoms with E-state index in [9.17, 15) is 14.7 Å². The van der Waals surface area contributed by atoms with Crippen molar-refractivity contribution in [2.75, 3.05) is 14.2 Å². The number of carbonyl (C=O) groups is 2. The van der Waals surface area contributed by atoms with Gasteiger partial charge in [-0.25, -0.2) is 4.99 Å². The Balaban J connectivity index is 0.00000345. The summed E-state index contributed by atoms with van der Waals surface area (Å²) in [6, 6.07) is 20.1. The van der Waals surface area contributed by atoms with Gasteiger partial charge in [-0.2, -0.15) is 0 Å². The molecule has 0 aromatic heterocycles. The van der Waals surface area contributed by atoms with Crippen molar-refractivity contribution in [1.29, 1.82) is 0 Å². The molecule has 0 unspecified atom stereocenters. The van der Waals surface area contributed by atoms with Crippen molar-refractivity contribution >= 4 is 23.8 Å². The molecule has 0 saturated carbocycles. The summed E-state index contributed by atoms with van der Waals surface area (Å²) in [6.45, 7) is 11.4.